The minimum absolute atomic E-state index is 0. The molecule has 24 valence electrons. The van der Waals surface area contributed by atoms with Crippen molar-refractivity contribution in [3.05, 3.63) is 0 Å². The van der Waals surface area contributed by atoms with Gasteiger partial charge in [0.05, 0.1) is 0 Å². The van der Waals surface area contributed by atoms with E-state index in [2.05, 4.69) is 5.73 Å². The van der Waals surface area contributed by atoms with Crippen LogP contribution in [0.2, 0.25) is 0 Å². The second-order valence-electron chi connectivity index (χ2n) is 0.348. The maximum absolute atomic E-state index is 6.26. The second kappa shape index (κ2) is 1.51. The van der Waals surface area contributed by atoms with E-state index in [0.717, 1.165) is 0 Å². The van der Waals surface area contributed by atoms with Crippen molar-refractivity contribution in [1.29, 1.82) is 5.41 Å². The largest absolute Gasteiger partial charge is 1.00 e. The fraction of sp³-hybridized carbons (Fsp3) is 0. The fourth-order valence-corrected chi connectivity index (χ4v) is 0. The highest BCUT2D eigenvalue weighted by Crippen LogP contribution is 1.68. The van der Waals surface area contributed by atoms with Crippen LogP contribution in [0.15, 0.2) is 0 Å². The van der Waals surface area contributed by atoms with Gasteiger partial charge in [-0.25, -0.2) is 0 Å². The Morgan fingerprint density at radius 1 is 2.25 bits per heavy atom. The van der Waals surface area contributed by atoms with Gasteiger partial charge in [-0.05, 0) is 22.6 Å². The summed E-state index contributed by atoms with van der Waals surface area (Å²) in [7, 11) is 0. The molecular formula is CH4IN2+. The molecule has 3 N–H and O–H groups in total. The summed E-state index contributed by atoms with van der Waals surface area (Å²) in [4.78, 5) is 0. The highest BCUT2D eigenvalue weighted by molar-refractivity contribution is 14.1. The lowest BCUT2D eigenvalue weighted by Crippen LogP contribution is -1.95. The summed E-state index contributed by atoms with van der Waals surface area (Å²) in [5.74, 6) is 0. The summed E-state index contributed by atoms with van der Waals surface area (Å²) >= 11 is 1.70. The molecule has 2 nitrogen and oxygen atoms in total. The summed E-state index contributed by atoms with van der Waals surface area (Å²) in [6.45, 7) is 0. The van der Waals surface area contributed by atoms with E-state index in [1.165, 1.54) is 0 Å². The molecule has 0 spiro atoms. The van der Waals surface area contributed by atoms with Gasteiger partial charge in [0.25, 0.3) is 0 Å². The van der Waals surface area contributed by atoms with Crippen LogP contribution in [0.4, 0.5) is 0 Å². The van der Waals surface area contributed by atoms with Crippen molar-refractivity contribution in [2.24, 2.45) is 5.73 Å². The Balaban J connectivity index is 0. The Bertz CT molecular complexity index is 32.6. The van der Waals surface area contributed by atoms with Gasteiger partial charge in [0.1, 0.15) is 0 Å². The number of nitrogens with two attached hydrogens (primary N) is 1. The van der Waals surface area contributed by atoms with Crippen molar-refractivity contribution in [2.45, 2.75) is 0 Å². The maximum atomic E-state index is 6.26. The predicted octanol–water partition coefficient (Wildman–Crippen LogP) is 0.427. The molecule has 0 saturated carbocycles. The van der Waals surface area contributed by atoms with Crippen LogP contribution in [0, 0.1) is 5.41 Å². The van der Waals surface area contributed by atoms with Crippen LogP contribution in [0.5, 0.6) is 0 Å². The molecule has 0 aliphatic carbocycles. The van der Waals surface area contributed by atoms with Gasteiger partial charge < -0.3 is 5.73 Å². The lowest BCUT2D eigenvalue weighted by molar-refractivity contribution is 1.52. The number of nitrogens with one attached hydrogen (secondary N) is 1. The van der Waals surface area contributed by atoms with Gasteiger partial charge in [-0.3, -0.25) is 5.41 Å². The number of hydrogen-bond acceptors (Lipinski definition) is 1. The highest BCUT2D eigenvalue weighted by atomic mass is 127. The zero-order chi connectivity index (χ0) is 3.58. The number of rotatable bonds is 0. The summed E-state index contributed by atoms with van der Waals surface area (Å²) in [5, 5.41) is 6.26. The summed E-state index contributed by atoms with van der Waals surface area (Å²) in [6.07, 6.45) is 0. The number of amidine groups is 1. The van der Waals surface area contributed by atoms with Crippen LogP contribution in [0.25, 0.3) is 0 Å². The van der Waals surface area contributed by atoms with E-state index in [1.54, 1.807) is 22.6 Å². The van der Waals surface area contributed by atoms with Crippen molar-refractivity contribution < 1.29 is 1.43 Å². The monoisotopic (exact) mass is 171 g/mol. The molecule has 0 aliphatic heterocycles. The third-order valence-electron chi connectivity index (χ3n) is 0. The van der Waals surface area contributed by atoms with Crippen molar-refractivity contribution in [3.8, 4) is 0 Å². The fourth-order valence-electron chi connectivity index (χ4n) is 0. The normalized spacial score (nSPS) is 6.25. The van der Waals surface area contributed by atoms with E-state index in [4.69, 9.17) is 5.41 Å². The lowest BCUT2D eigenvalue weighted by atomic mass is 11.4. The molecule has 0 unspecified atom stereocenters. The predicted molar refractivity (Wildman–Crippen MR) is 27.0 cm³/mol. The lowest BCUT2D eigenvalue weighted by Gasteiger charge is -1.63. The smallest absolute Gasteiger partial charge is 0.379 e. The van der Waals surface area contributed by atoms with Gasteiger partial charge in [0.15, 0.2) is 3.84 Å². The molecule has 0 atom stereocenters. The molecule has 0 radical (unpaired) electrons. The zero-order valence-corrected chi connectivity index (χ0v) is 4.11. The topological polar surface area (TPSA) is 49.9 Å². The van der Waals surface area contributed by atoms with Crippen LogP contribution in [-0.4, -0.2) is 3.84 Å². The summed E-state index contributed by atoms with van der Waals surface area (Å²) in [5.41, 5.74) is 4.68. The van der Waals surface area contributed by atoms with Gasteiger partial charge in [-0.15, -0.1) is 0 Å². The average Bonchev–Trinajstić information content (AvgIpc) is 0.811. The van der Waals surface area contributed by atoms with Crippen LogP contribution < -0.4 is 5.73 Å². The molecule has 0 aromatic carbocycles. The van der Waals surface area contributed by atoms with E-state index >= 15 is 0 Å². The van der Waals surface area contributed by atoms with E-state index in [0.29, 0.717) is 0 Å². The SMILES string of the molecule is N=C(N)I.[H+]. The van der Waals surface area contributed by atoms with Gasteiger partial charge in [-0.2, -0.15) is 0 Å². The molecule has 0 rings (SSSR count). The Labute approximate surface area is 39.5 Å². The zero-order valence-electron chi connectivity index (χ0n) is 2.96. The Morgan fingerprint density at radius 3 is 2.25 bits per heavy atom. The molecule has 0 aromatic heterocycles. The minimum Gasteiger partial charge on any atom is -0.379 e. The Morgan fingerprint density at radius 2 is 2.25 bits per heavy atom. The van der Waals surface area contributed by atoms with Gasteiger partial charge in [0, 0.05) is 0 Å². The van der Waals surface area contributed by atoms with Crippen LogP contribution in [-0.2, 0) is 0 Å². The van der Waals surface area contributed by atoms with Crippen molar-refractivity contribution in [3.63, 3.8) is 0 Å². The van der Waals surface area contributed by atoms with Crippen molar-refractivity contribution in [1.82, 2.24) is 0 Å². The van der Waals surface area contributed by atoms with E-state index in [1.807, 2.05) is 0 Å². The summed E-state index contributed by atoms with van der Waals surface area (Å²) < 4.78 is 0.137. The highest BCUT2D eigenvalue weighted by Gasteiger charge is 1.57. The molecule has 0 heterocycles. The van der Waals surface area contributed by atoms with E-state index in [-0.39, 0.29) is 5.27 Å². The van der Waals surface area contributed by atoms with Crippen LogP contribution in [0.1, 0.15) is 1.43 Å². The summed E-state index contributed by atoms with van der Waals surface area (Å²) in [6, 6.07) is 0. The van der Waals surface area contributed by atoms with E-state index in [9.17, 15) is 0 Å². The Hall–Kier alpha value is 0.200. The van der Waals surface area contributed by atoms with Crippen LogP contribution in [0.3, 0.4) is 0 Å². The quantitative estimate of drug-likeness (QED) is 0.236. The number of halogens is 1. The third-order valence-corrected chi connectivity index (χ3v) is 0. The van der Waals surface area contributed by atoms with Crippen molar-refractivity contribution >= 4 is 26.4 Å². The second-order valence-corrected chi connectivity index (χ2v) is 1.51. The van der Waals surface area contributed by atoms with E-state index < -0.39 is 0 Å². The molecular weight excluding hydrogens is 167 g/mol. The standard InChI is InChI=1S/CH3IN2/c2-1(3)4/h(H3,3,4)/p+1. The first-order chi connectivity index (χ1) is 1.73. The molecule has 0 amide bonds. The number of hydrogen-bond donors (Lipinski definition) is 2. The third kappa shape index (κ3) is 79.2. The Kier molecular flexibility index (Phi) is 1.59. The van der Waals surface area contributed by atoms with Crippen LogP contribution >= 0.6 is 22.6 Å². The first-order valence-electron chi connectivity index (χ1n) is 0.728. The molecule has 0 fully saturated rings. The maximum Gasteiger partial charge on any atom is 1.00 e. The van der Waals surface area contributed by atoms with Gasteiger partial charge in [0.2, 0.25) is 0 Å². The molecule has 0 aromatic rings. The van der Waals surface area contributed by atoms with Crippen molar-refractivity contribution in [2.75, 3.05) is 0 Å². The molecule has 0 saturated heterocycles. The first-order valence-corrected chi connectivity index (χ1v) is 1.81. The first kappa shape index (κ1) is 4.20. The molecule has 0 bridgehead atoms. The average molecular weight is 171 g/mol. The minimum atomic E-state index is 0. The van der Waals surface area contributed by atoms with Gasteiger partial charge >= 0.3 is 1.43 Å². The molecule has 4 heavy (non-hydrogen) atoms. The van der Waals surface area contributed by atoms with Gasteiger partial charge in [-0.1, -0.05) is 0 Å². The molecule has 3 heteroatoms. The molecule has 0 aliphatic rings.